The van der Waals surface area contributed by atoms with Crippen molar-refractivity contribution in [2.75, 3.05) is 6.54 Å². The Morgan fingerprint density at radius 3 is 2.72 bits per heavy atom. The van der Waals surface area contributed by atoms with Crippen molar-refractivity contribution in [1.82, 2.24) is 10.3 Å². The first-order valence-electron chi connectivity index (χ1n) is 6.64. The quantitative estimate of drug-likeness (QED) is 0.569. The van der Waals surface area contributed by atoms with Gasteiger partial charge in [0.1, 0.15) is 0 Å². The van der Waals surface area contributed by atoms with Crippen molar-refractivity contribution in [3.8, 4) is 0 Å². The number of carbonyl (C=O) groups is 1. The first-order valence-corrected chi connectivity index (χ1v) is 6.64. The van der Waals surface area contributed by atoms with Crippen LogP contribution < -0.4 is 5.32 Å². The van der Waals surface area contributed by atoms with E-state index < -0.39 is 5.95 Å². The highest BCUT2D eigenvalue weighted by Gasteiger charge is 2.10. The highest BCUT2D eigenvalue weighted by Crippen LogP contribution is 2.05. The largest absolute Gasteiger partial charge is 0.352 e. The molecule has 0 aliphatic heterocycles. The molecular formula is C14H21FN2O. The molecule has 0 unspecified atom stereocenters. The summed E-state index contributed by atoms with van der Waals surface area (Å²) in [5.41, 5.74) is 0.0171. The molecule has 0 radical (unpaired) electrons. The zero-order chi connectivity index (χ0) is 13.2. The summed E-state index contributed by atoms with van der Waals surface area (Å²) in [5, 5.41) is 2.71. The Balaban J connectivity index is 2.16. The molecule has 1 N–H and O–H groups in total. The summed E-state index contributed by atoms with van der Waals surface area (Å²) in [6.07, 6.45) is 8.34. The third-order valence-electron chi connectivity index (χ3n) is 2.82. The topological polar surface area (TPSA) is 42.0 Å². The molecule has 1 rings (SSSR count). The van der Waals surface area contributed by atoms with Crippen LogP contribution in [0.1, 0.15) is 55.8 Å². The van der Waals surface area contributed by atoms with Crippen molar-refractivity contribution < 1.29 is 9.18 Å². The van der Waals surface area contributed by atoms with Crippen LogP contribution in [-0.4, -0.2) is 17.4 Å². The molecule has 0 atom stereocenters. The van der Waals surface area contributed by atoms with E-state index in [4.69, 9.17) is 0 Å². The van der Waals surface area contributed by atoms with Crippen LogP contribution in [0.5, 0.6) is 0 Å². The number of nitrogens with zero attached hydrogens (tertiary/aromatic N) is 1. The Kier molecular flexibility index (Phi) is 6.99. The van der Waals surface area contributed by atoms with Crippen molar-refractivity contribution in [3.05, 3.63) is 29.8 Å². The van der Waals surface area contributed by atoms with E-state index in [0.717, 1.165) is 12.8 Å². The second-order valence-electron chi connectivity index (χ2n) is 4.37. The van der Waals surface area contributed by atoms with E-state index in [9.17, 15) is 9.18 Å². The monoisotopic (exact) mass is 252 g/mol. The average molecular weight is 252 g/mol. The van der Waals surface area contributed by atoms with E-state index in [1.54, 1.807) is 6.07 Å². The number of aromatic nitrogens is 1. The predicted molar refractivity (Wildman–Crippen MR) is 69.9 cm³/mol. The van der Waals surface area contributed by atoms with Gasteiger partial charge in [0.25, 0.3) is 5.91 Å². The summed E-state index contributed by atoms with van der Waals surface area (Å²) >= 11 is 0. The number of pyridine rings is 1. The number of halogens is 1. The minimum atomic E-state index is -0.710. The molecule has 0 aliphatic rings. The molecule has 1 amide bonds. The van der Waals surface area contributed by atoms with Crippen molar-refractivity contribution in [2.45, 2.75) is 45.4 Å². The Morgan fingerprint density at radius 1 is 1.28 bits per heavy atom. The fourth-order valence-electron chi connectivity index (χ4n) is 1.76. The third-order valence-corrected chi connectivity index (χ3v) is 2.82. The highest BCUT2D eigenvalue weighted by atomic mass is 19.1. The predicted octanol–water partition coefficient (Wildman–Crippen LogP) is 3.31. The molecule has 1 aromatic rings. The van der Waals surface area contributed by atoms with Crippen LogP contribution in [0.4, 0.5) is 4.39 Å². The summed E-state index contributed by atoms with van der Waals surface area (Å²) in [6.45, 7) is 2.78. The SMILES string of the molecule is CCCCCCCCNC(=O)c1cccnc1F. The fourth-order valence-corrected chi connectivity index (χ4v) is 1.76. The second-order valence-corrected chi connectivity index (χ2v) is 4.37. The minimum Gasteiger partial charge on any atom is -0.352 e. The van der Waals surface area contributed by atoms with Gasteiger partial charge in [0.05, 0.1) is 5.56 Å². The average Bonchev–Trinajstić information content (AvgIpc) is 2.38. The molecule has 18 heavy (non-hydrogen) atoms. The molecule has 0 bridgehead atoms. The molecule has 100 valence electrons. The number of hydrogen-bond acceptors (Lipinski definition) is 2. The van der Waals surface area contributed by atoms with Crippen molar-refractivity contribution in [3.63, 3.8) is 0 Å². The van der Waals surface area contributed by atoms with E-state index in [0.29, 0.717) is 6.54 Å². The molecule has 3 nitrogen and oxygen atoms in total. The van der Waals surface area contributed by atoms with Crippen molar-refractivity contribution in [1.29, 1.82) is 0 Å². The number of nitrogens with one attached hydrogen (secondary N) is 1. The van der Waals surface area contributed by atoms with Crippen LogP contribution in [-0.2, 0) is 0 Å². The lowest BCUT2D eigenvalue weighted by atomic mass is 10.1. The lowest BCUT2D eigenvalue weighted by Gasteiger charge is -2.05. The smallest absolute Gasteiger partial charge is 0.255 e. The first kappa shape index (κ1) is 14.6. The van der Waals surface area contributed by atoms with Crippen LogP contribution in [0.2, 0.25) is 0 Å². The number of unbranched alkanes of at least 4 members (excludes halogenated alkanes) is 5. The van der Waals surface area contributed by atoms with E-state index in [1.165, 1.54) is 37.9 Å². The second kappa shape index (κ2) is 8.61. The number of rotatable bonds is 8. The lowest BCUT2D eigenvalue weighted by molar-refractivity contribution is 0.0948. The lowest BCUT2D eigenvalue weighted by Crippen LogP contribution is -2.25. The van der Waals surface area contributed by atoms with Crippen LogP contribution >= 0.6 is 0 Å². The maximum absolute atomic E-state index is 13.2. The van der Waals surface area contributed by atoms with Gasteiger partial charge in [-0.05, 0) is 18.6 Å². The van der Waals surface area contributed by atoms with Crippen LogP contribution in [0.3, 0.4) is 0 Å². The molecule has 0 spiro atoms. The van der Waals surface area contributed by atoms with Gasteiger partial charge in [0.15, 0.2) is 0 Å². The maximum atomic E-state index is 13.2. The fraction of sp³-hybridized carbons (Fsp3) is 0.571. The third kappa shape index (κ3) is 5.25. The summed E-state index contributed by atoms with van der Waals surface area (Å²) < 4.78 is 13.2. The van der Waals surface area contributed by atoms with E-state index >= 15 is 0 Å². The summed E-state index contributed by atoms with van der Waals surface area (Å²) in [6, 6.07) is 3.00. The molecule has 0 saturated carbocycles. The molecule has 0 aromatic carbocycles. The number of carbonyl (C=O) groups excluding carboxylic acids is 1. The maximum Gasteiger partial charge on any atom is 0.255 e. The molecule has 1 heterocycles. The molecular weight excluding hydrogens is 231 g/mol. The number of hydrogen-bond donors (Lipinski definition) is 1. The normalized spacial score (nSPS) is 10.3. The Bertz CT molecular complexity index is 369. The van der Waals surface area contributed by atoms with Gasteiger partial charge in [0.2, 0.25) is 5.95 Å². The van der Waals surface area contributed by atoms with E-state index in [1.807, 2.05) is 0 Å². The van der Waals surface area contributed by atoms with Gasteiger partial charge >= 0.3 is 0 Å². The molecule has 0 aliphatic carbocycles. The minimum absolute atomic E-state index is 0.0171. The van der Waals surface area contributed by atoms with E-state index in [-0.39, 0.29) is 11.5 Å². The molecule has 0 fully saturated rings. The molecule has 1 aromatic heterocycles. The number of amides is 1. The van der Waals surface area contributed by atoms with Crippen LogP contribution in [0.15, 0.2) is 18.3 Å². The Hall–Kier alpha value is -1.45. The van der Waals surface area contributed by atoms with Crippen LogP contribution in [0.25, 0.3) is 0 Å². The van der Waals surface area contributed by atoms with Crippen LogP contribution in [0, 0.1) is 5.95 Å². The molecule has 4 heteroatoms. The first-order chi connectivity index (χ1) is 8.75. The summed E-state index contributed by atoms with van der Waals surface area (Å²) in [7, 11) is 0. The van der Waals surface area contributed by atoms with Gasteiger partial charge in [-0.3, -0.25) is 4.79 Å². The van der Waals surface area contributed by atoms with Gasteiger partial charge < -0.3 is 5.32 Å². The standard InChI is InChI=1S/C14H21FN2O/c1-2-3-4-5-6-7-10-17-14(18)12-9-8-11-16-13(12)15/h8-9,11H,2-7,10H2,1H3,(H,17,18). The van der Waals surface area contributed by atoms with Gasteiger partial charge in [-0.15, -0.1) is 0 Å². The Morgan fingerprint density at radius 2 is 2.00 bits per heavy atom. The Labute approximate surface area is 108 Å². The van der Waals surface area contributed by atoms with Crippen molar-refractivity contribution in [2.24, 2.45) is 0 Å². The summed E-state index contributed by atoms with van der Waals surface area (Å²) in [4.78, 5) is 15.1. The zero-order valence-electron chi connectivity index (χ0n) is 10.9. The van der Waals surface area contributed by atoms with Gasteiger partial charge in [-0.25, -0.2) is 4.98 Å². The highest BCUT2D eigenvalue weighted by molar-refractivity contribution is 5.94. The van der Waals surface area contributed by atoms with Gasteiger partial charge in [-0.1, -0.05) is 39.0 Å². The van der Waals surface area contributed by atoms with E-state index in [2.05, 4.69) is 17.2 Å². The van der Waals surface area contributed by atoms with Gasteiger partial charge in [-0.2, -0.15) is 4.39 Å². The zero-order valence-corrected chi connectivity index (χ0v) is 10.9. The molecule has 0 saturated heterocycles. The van der Waals surface area contributed by atoms with Crippen molar-refractivity contribution >= 4 is 5.91 Å². The van der Waals surface area contributed by atoms with Gasteiger partial charge in [0, 0.05) is 12.7 Å². The summed E-state index contributed by atoms with van der Waals surface area (Å²) in [5.74, 6) is -1.09.